The Balaban J connectivity index is -0.000000513. The number of quaternary nitrogens is 3. The predicted molar refractivity (Wildman–Crippen MR) is 165 cm³/mol. The molecule has 0 rings (SSSR count). The lowest BCUT2D eigenvalue weighted by Gasteiger charge is -2.34. The molecule has 0 heterocycles. The van der Waals surface area contributed by atoms with E-state index in [1.54, 1.807) is 0 Å². The molecule has 9 nitrogen and oxygen atoms in total. The third-order valence-corrected chi connectivity index (χ3v) is 8.44. The Bertz CT molecular complexity index is 817. The Labute approximate surface area is 244 Å². The average Bonchev–Trinajstić information content (AvgIpc) is 2.64. The molecule has 0 saturated carbocycles. The SMILES string of the molecule is CC(C)CCC[N+](C)(C)C.CC(C)CCC[N+](C)(C)CCCS(=O)(=O)O.CC(C)[N+](C)(C)CCCS(=O)(=O)[O-]. The molecule has 0 atom stereocenters. The second kappa shape index (κ2) is 19.8. The highest BCUT2D eigenvalue weighted by atomic mass is 32.2. The first kappa shape index (κ1) is 43.2. The molecule has 0 aromatic heterocycles. The molecule has 0 aromatic rings. The predicted octanol–water partition coefficient (Wildman–Crippen LogP) is 4.31. The van der Waals surface area contributed by atoms with E-state index in [-0.39, 0.29) is 11.5 Å². The van der Waals surface area contributed by atoms with E-state index in [1.165, 1.54) is 25.8 Å². The molecule has 11 heteroatoms. The second-order valence-electron chi connectivity index (χ2n) is 14.3. The van der Waals surface area contributed by atoms with Gasteiger partial charge < -0.3 is 18.0 Å². The van der Waals surface area contributed by atoms with E-state index in [2.05, 4.69) is 76.8 Å². The van der Waals surface area contributed by atoms with Gasteiger partial charge in [0.1, 0.15) is 0 Å². The molecule has 0 aliphatic carbocycles. The topological polar surface area (TPSA) is 112 Å². The summed E-state index contributed by atoms with van der Waals surface area (Å²) in [5, 5.41) is 0. The van der Waals surface area contributed by atoms with Gasteiger partial charge in [0.2, 0.25) is 0 Å². The van der Waals surface area contributed by atoms with Gasteiger partial charge in [-0.1, -0.05) is 27.7 Å². The molecule has 0 amide bonds. The van der Waals surface area contributed by atoms with Crippen LogP contribution in [-0.2, 0) is 20.2 Å². The molecule has 0 bridgehead atoms. The summed E-state index contributed by atoms with van der Waals surface area (Å²) in [6, 6.07) is 0.439. The van der Waals surface area contributed by atoms with Crippen LogP contribution in [0.4, 0.5) is 0 Å². The number of hydrogen-bond acceptors (Lipinski definition) is 5. The fourth-order valence-corrected chi connectivity index (χ4v) is 4.57. The lowest BCUT2D eigenvalue weighted by atomic mass is 10.1. The van der Waals surface area contributed by atoms with Gasteiger partial charge in [-0.25, -0.2) is 8.42 Å². The highest BCUT2D eigenvalue weighted by Gasteiger charge is 2.19. The average molecular weight is 606 g/mol. The minimum Gasteiger partial charge on any atom is -0.748 e. The van der Waals surface area contributed by atoms with E-state index in [1.807, 2.05) is 14.1 Å². The third-order valence-electron chi connectivity index (χ3n) is 6.85. The minimum absolute atomic E-state index is 0.126. The van der Waals surface area contributed by atoms with Crippen molar-refractivity contribution in [2.75, 3.05) is 87.0 Å². The van der Waals surface area contributed by atoms with Crippen molar-refractivity contribution >= 4 is 20.2 Å². The summed E-state index contributed by atoms with van der Waals surface area (Å²) in [6.07, 6.45) is 6.07. The van der Waals surface area contributed by atoms with Crippen molar-refractivity contribution in [2.45, 2.75) is 86.1 Å². The van der Waals surface area contributed by atoms with Gasteiger partial charge in [-0.05, 0) is 51.4 Å². The summed E-state index contributed by atoms with van der Waals surface area (Å²) in [6.45, 7) is 17.0. The third kappa shape index (κ3) is 37.7. The van der Waals surface area contributed by atoms with E-state index in [0.717, 1.165) is 51.3 Å². The Kier molecular flexibility index (Phi) is 21.9. The fourth-order valence-electron chi connectivity index (χ4n) is 3.60. The molecule has 0 spiro atoms. The molecule has 0 radical (unpaired) electrons. The molecule has 0 unspecified atom stereocenters. The maximum atomic E-state index is 10.6. The van der Waals surface area contributed by atoms with Crippen molar-refractivity contribution in [1.29, 1.82) is 0 Å². The van der Waals surface area contributed by atoms with Crippen LogP contribution in [0.2, 0.25) is 0 Å². The van der Waals surface area contributed by atoms with Crippen LogP contribution >= 0.6 is 0 Å². The van der Waals surface area contributed by atoms with Crippen molar-refractivity contribution in [3.63, 3.8) is 0 Å². The summed E-state index contributed by atoms with van der Waals surface area (Å²) in [5.74, 6) is 1.21. The second-order valence-corrected chi connectivity index (χ2v) is 17.4. The summed E-state index contributed by atoms with van der Waals surface area (Å²) in [4.78, 5) is 0. The zero-order chi connectivity index (χ0) is 31.7. The molecule has 240 valence electrons. The Morgan fingerprint density at radius 3 is 1.33 bits per heavy atom. The molecular weight excluding hydrogens is 538 g/mol. The van der Waals surface area contributed by atoms with Gasteiger partial charge in [0.05, 0.1) is 97.4 Å². The van der Waals surface area contributed by atoms with E-state index >= 15 is 0 Å². The van der Waals surface area contributed by atoms with Crippen molar-refractivity contribution in [3.05, 3.63) is 0 Å². The zero-order valence-electron chi connectivity index (χ0n) is 27.9. The molecule has 0 saturated heterocycles. The van der Waals surface area contributed by atoms with Crippen LogP contribution in [0.5, 0.6) is 0 Å². The minimum atomic E-state index is -4.03. The normalized spacial score (nSPS) is 13.3. The van der Waals surface area contributed by atoms with Crippen LogP contribution in [0.25, 0.3) is 0 Å². The number of rotatable bonds is 17. The van der Waals surface area contributed by atoms with Crippen molar-refractivity contribution in [3.8, 4) is 0 Å². The van der Waals surface area contributed by atoms with Crippen molar-refractivity contribution in [2.24, 2.45) is 11.8 Å². The molecular formula is C28H67N3O6S2+2. The van der Waals surface area contributed by atoms with Crippen LogP contribution in [0.15, 0.2) is 0 Å². The van der Waals surface area contributed by atoms with Crippen LogP contribution < -0.4 is 0 Å². The van der Waals surface area contributed by atoms with Crippen LogP contribution in [0, 0.1) is 11.8 Å². The molecule has 0 aliphatic heterocycles. The molecule has 0 aromatic carbocycles. The quantitative estimate of drug-likeness (QED) is 0.195. The first-order valence-electron chi connectivity index (χ1n) is 14.5. The standard InChI is InChI=1S/C11H25NO3S.C9H22N.C8H19NO3S/c1-11(2)7-5-8-12(3,4)9-6-10-16(13,14)15;1-9(2)7-6-8-10(3,4)5;1-8(2)9(3,4)6-5-7-13(10,11)12/h11H,5-10H2,1-4H3;9H,6-8H2,1-5H3;8H,5-7H2,1-4H3/q;+1;/p+1. The number of nitrogens with zero attached hydrogens (tertiary/aromatic N) is 3. The van der Waals surface area contributed by atoms with Gasteiger partial charge in [-0.2, -0.15) is 8.42 Å². The van der Waals surface area contributed by atoms with Crippen LogP contribution in [-0.4, -0.2) is 132 Å². The maximum absolute atomic E-state index is 10.6. The van der Waals surface area contributed by atoms with Crippen molar-refractivity contribution in [1.82, 2.24) is 0 Å². The van der Waals surface area contributed by atoms with E-state index < -0.39 is 20.2 Å². The number of hydrogen-bond donors (Lipinski definition) is 1. The van der Waals surface area contributed by atoms with E-state index in [9.17, 15) is 21.4 Å². The van der Waals surface area contributed by atoms with Gasteiger partial charge in [-0.3, -0.25) is 4.55 Å². The fraction of sp³-hybridized carbons (Fsp3) is 1.00. The Hall–Kier alpha value is -0.300. The molecule has 0 aliphatic rings. The van der Waals surface area contributed by atoms with E-state index in [4.69, 9.17) is 4.55 Å². The molecule has 39 heavy (non-hydrogen) atoms. The molecule has 1 N–H and O–H groups in total. The monoisotopic (exact) mass is 605 g/mol. The van der Waals surface area contributed by atoms with Crippen molar-refractivity contribution < 1.29 is 39.4 Å². The van der Waals surface area contributed by atoms with Gasteiger partial charge in [0.15, 0.2) is 0 Å². The highest BCUT2D eigenvalue weighted by molar-refractivity contribution is 7.85. The summed E-state index contributed by atoms with van der Waals surface area (Å²) in [5.41, 5.74) is 0. The summed E-state index contributed by atoms with van der Waals surface area (Å²) in [7, 11) is 7.19. The summed E-state index contributed by atoms with van der Waals surface area (Å²) < 4.78 is 63.4. The largest absolute Gasteiger partial charge is 0.748 e. The molecule has 0 fully saturated rings. The summed E-state index contributed by atoms with van der Waals surface area (Å²) >= 11 is 0. The zero-order valence-corrected chi connectivity index (χ0v) is 29.5. The van der Waals surface area contributed by atoms with Gasteiger partial charge >= 0.3 is 0 Å². The van der Waals surface area contributed by atoms with Crippen LogP contribution in [0.1, 0.15) is 80.1 Å². The van der Waals surface area contributed by atoms with E-state index in [0.29, 0.717) is 18.9 Å². The maximum Gasteiger partial charge on any atom is 0.265 e. The Morgan fingerprint density at radius 1 is 0.615 bits per heavy atom. The Morgan fingerprint density at radius 2 is 1.00 bits per heavy atom. The van der Waals surface area contributed by atoms with Crippen LogP contribution in [0.3, 0.4) is 0 Å². The lowest BCUT2D eigenvalue weighted by molar-refractivity contribution is -0.911. The highest BCUT2D eigenvalue weighted by Crippen LogP contribution is 2.09. The first-order chi connectivity index (χ1) is 17.2. The van der Waals surface area contributed by atoms with Gasteiger partial charge in [-0.15, -0.1) is 0 Å². The van der Waals surface area contributed by atoms with Gasteiger partial charge in [0, 0.05) is 18.6 Å². The smallest absolute Gasteiger partial charge is 0.265 e. The van der Waals surface area contributed by atoms with Gasteiger partial charge in [0.25, 0.3) is 10.1 Å². The lowest BCUT2D eigenvalue weighted by Crippen LogP contribution is -2.46. The first-order valence-corrected chi connectivity index (χ1v) is 17.7.